The van der Waals surface area contributed by atoms with E-state index in [1.807, 2.05) is 0 Å². The average molecular weight is 623 g/mol. The van der Waals surface area contributed by atoms with E-state index in [2.05, 4.69) is 194 Å². The number of rotatable bonds is 7. The molecule has 0 spiro atoms. The third-order valence-corrected chi connectivity index (χ3v) is 13.6. The first-order valence-electron chi connectivity index (χ1n) is 15.7. The average Bonchev–Trinajstić information content (AvgIpc) is 3.13. The molecule has 218 valence electrons. The molecule has 0 aromatic heterocycles. The van der Waals surface area contributed by atoms with Crippen molar-refractivity contribution >= 4 is 69.2 Å². The second kappa shape index (κ2) is 12.9. The Morgan fingerprint density at radius 1 is 0.239 bits per heavy atom. The van der Waals surface area contributed by atoms with Crippen LogP contribution in [-0.2, 0) is 0 Å². The Labute approximate surface area is 273 Å². The summed E-state index contributed by atoms with van der Waals surface area (Å²) >= 11 is 0. The van der Waals surface area contributed by atoms with Gasteiger partial charge in [0.2, 0.25) is 0 Å². The van der Waals surface area contributed by atoms with Crippen molar-refractivity contribution in [3.63, 3.8) is 0 Å². The number of fused-ring (bicyclic) bond motifs is 2. The first-order valence-corrected chi connectivity index (χ1v) is 18.4. The maximum Gasteiger partial charge on any atom is -0.00215 e. The summed E-state index contributed by atoms with van der Waals surface area (Å²) < 4.78 is 0. The smallest absolute Gasteiger partial charge is 0.00215 e. The van der Waals surface area contributed by atoms with E-state index in [-0.39, 0.29) is 0 Å². The van der Waals surface area contributed by atoms with Gasteiger partial charge in [-0.25, -0.2) is 0 Å². The van der Waals surface area contributed by atoms with E-state index in [4.69, 9.17) is 0 Å². The van der Waals surface area contributed by atoms with Gasteiger partial charge in [0.15, 0.2) is 0 Å². The van der Waals surface area contributed by atoms with E-state index in [1.165, 1.54) is 64.5 Å². The molecule has 0 amide bonds. The zero-order chi connectivity index (χ0) is 30.7. The third-order valence-electron chi connectivity index (χ3n) is 8.59. The normalized spacial score (nSPS) is 11.4. The molecule has 46 heavy (non-hydrogen) atoms. The van der Waals surface area contributed by atoms with Gasteiger partial charge in [0.05, 0.1) is 0 Å². The minimum atomic E-state index is -0.784. The molecule has 0 unspecified atom stereocenters. The summed E-state index contributed by atoms with van der Waals surface area (Å²) in [6.07, 6.45) is 0. The summed E-state index contributed by atoms with van der Waals surface area (Å²) in [7, 11) is -1.57. The van der Waals surface area contributed by atoms with Gasteiger partial charge in [0, 0.05) is 0 Å². The topological polar surface area (TPSA) is 0 Å². The summed E-state index contributed by atoms with van der Waals surface area (Å²) in [5.74, 6) is 0. The minimum Gasteiger partial charge on any atom is -0.0622 e. The molecule has 8 rings (SSSR count). The molecule has 0 saturated heterocycles. The van der Waals surface area contributed by atoms with Gasteiger partial charge in [-0.3, -0.25) is 0 Å². The van der Waals surface area contributed by atoms with Crippen LogP contribution in [0.4, 0.5) is 0 Å². The van der Waals surface area contributed by atoms with E-state index in [1.54, 1.807) is 0 Å². The summed E-state index contributed by atoms with van der Waals surface area (Å²) in [6.45, 7) is 0. The van der Waals surface area contributed by atoms with Crippen LogP contribution in [0.15, 0.2) is 194 Å². The zero-order valence-corrected chi connectivity index (χ0v) is 27.2. The molecule has 0 fully saturated rings. The molecule has 8 aromatic carbocycles. The molecule has 0 aliphatic heterocycles. The standard InChI is InChI=1S/C44H32P2/c1-5-21-35(22-6-1)45(36-23-7-2-8-24-36)41-31-15-19-33-17-13-29-39(43(33)41)40-30-14-18-34-20-16-32-42(44(34)40)46(37-25-9-3-10-26-37)38-27-11-4-12-28-38/h1-32H. The molecule has 0 aliphatic carbocycles. The molecule has 0 bridgehead atoms. The lowest BCUT2D eigenvalue weighted by Gasteiger charge is -2.25. The predicted molar refractivity (Wildman–Crippen MR) is 204 cm³/mol. The highest BCUT2D eigenvalue weighted by Crippen LogP contribution is 2.43. The number of hydrogen-bond donors (Lipinski definition) is 0. The molecule has 0 radical (unpaired) electrons. The van der Waals surface area contributed by atoms with Crippen LogP contribution in [0.5, 0.6) is 0 Å². The fourth-order valence-corrected chi connectivity index (χ4v) is 11.6. The van der Waals surface area contributed by atoms with Gasteiger partial charge in [-0.2, -0.15) is 0 Å². The van der Waals surface area contributed by atoms with Gasteiger partial charge < -0.3 is 0 Å². The first-order chi connectivity index (χ1) is 22.9. The summed E-state index contributed by atoms with van der Waals surface area (Å²) in [5, 5.41) is 13.5. The van der Waals surface area contributed by atoms with Crippen molar-refractivity contribution in [3.8, 4) is 11.1 Å². The van der Waals surface area contributed by atoms with Crippen LogP contribution in [0.2, 0.25) is 0 Å². The molecule has 0 heterocycles. The summed E-state index contributed by atoms with van der Waals surface area (Å²) in [5.41, 5.74) is 2.59. The molecule has 0 atom stereocenters. The van der Waals surface area contributed by atoms with Crippen molar-refractivity contribution in [2.24, 2.45) is 0 Å². The Kier molecular flexibility index (Phi) is 8.00. The molecular formula is C44H32P2. The molecule has 8 aromatic rings. The molecule has 0 N–H and O–H groups in total. The van der Waals surface area contributed by atoms with Crippen LogP contribution in [0.3, 0.4) is 0 Å². The van der Waals surface area contributed by atoms with Crippen LogP contribution >= 0.6 is 15.8 Å². The highest BCUT2D eigenvalue weighted by Gasteiger charge is 2.24. The number of hydrogen-bond acceptors (Lipinski definition) is 0. The quantitative estimate of drug-likeness (QED) is 0.156. The highest BCUT2D eigenvalue weighted by atomic mass is 31.1. The van der Waals surface area contributed by atoms with Crippen molar-refractivity contribution in [3.05, 3.63) is 194 Å². The zero-order valence-electron chi connectivity index (χ0n) is 25.4. The largest absolute Gasteiger partial charge is 0.0622 e. The third kappa shape index (κ3) is 5.35. The molecule has 2 heteroatoms. The predicted octanol–water partition coefficient (Wildman–Crippen LogP) is 9.18. The van der Waals surface area contributed by atoms with Crippen LogP contribution in [0.1, 0.15) is 0 Å². The maximum absolute atomic E-state index is 2.37. The lowest BCUT2D eigenvalue weighted by Crippen LogP contribution is -2.22. The van der Waals surface area contributed by atoms with E-state index in [0.717, 1.165) is 0 Å². The maximum atomic E-state index is 2.37. The second-order valence-corrected chi connectivity index (χ2v) is 15.7. The van der Waals surface area contributed by atoms with Crippen LogP contribution in [0, 0.1) is 0 Å². The van der Waals surface area contributed by atoms with E-state index in [9.17, 15) is 0 Å². The Bertz CT molecular complexity index is 1990. The molecule has 0 aliphatic rings. The van der Waals surface area contributed by atoms with Gasteiger partial charge in [-0.05, 0) is 80.3 Å². The lowest BCUT2D eigenvalue weighted by atomic mass is 9.94. The Morgan fingerprint density at radius 2 is 0.522 bits per heavy atom. The minimum absolute atomic E-state index is 0.784. The lowest BCUT2D eigenvalue weighted by molar-refractivity contribution is 1.70. The van der Waals surface area contributed by atoms with Crippen molar-refractivity contribution in [1.29, 1.82) is 0 Å². The molecule has 0 saturated carbocycles. The summed E-state index contributed by atoms with van der Waals surface area (Å²) in [4.78, 5) is 0. The van der Waals surface area contributed by atoms with Crippen LogP contribution in [0.25, 0.3) is 32.7 Å². The van der Waals surface area contributed by atoms with Gasteiger partial charge in [0.25, 0.3) is 0 Å². The van der Waals surface area contributed by atoms with Crippen molar-refractivity contribution < 1.29 is 0 Å². The fraction of sp³-hybridized carbons (Fsp3) is 0. The molecular weight excluding hydrogens is 590 g/mol. The van der Waals surface area contributed by atoms with Crippen molar-refractivity contribution in [2.75, 3.05) is 0 Å². The Morgan fingerprint density at radius 3 is 0.826 bits per heavy atom. The van der Waals surface area contributed by atoms with E-state index in [0.29, 0.717) is 0 Å². The first kappa shape index (κ1) is 28.6. The SMILES string of the molecule is c1ccc(P(c2ccccc2)c2cccc3cccc(-c4cccc5cccc(P(c6ccccc6)c6ccccc6)c45)c23)cc1. The van der Waals surface area contributed by atoms with E-state index < -0.39 is 15.8 Å². The van der Waals surface area contributed by atoms with Crippen molar-refractivity contribution in [1.82, 2.24) is 0 Å². The highest BCUT2D eigenvalue weighted by molar-refractivity contribution is 7.80. The monoisotopic (exact) mass is 622 g/mol. The van der Waals surface area contributed by atoms with Crippen LogP contribution in [-0.4, -0.2) is 0 Å². The summed E-state index contributed by atoms with van der Waals surface area (Å²) in [6, 6.07) is 71.7. The van der Waals surface area contributed by atoms with E-state index >= 15 is 0 Å². The second-order valence-electron chi connectivity index (χ2n) is 11.4. The molecule has 0 nitrogen and oxygen atoms in total. The van der Waals surface area contributed by atoms with Crippen LogP contribution < -0.4 is 31.8 Å². The van der Waals surface area contributed by atoms with Gasteiger partial charge in [-0.15, -0.1) is 0 Å². The van der Waals surface area contributed by atoms with Crippen molar-refractivity contribution in [2.45, 2.75) is 0 Å². The number of benzene rings is 8. The fourth-order valence-electron chi connectivity index (χ4n) is 6.63. The van der Waals surface area contributed by atoms with Gasteiger partial charge in [0.1, 0.15) is 0 Å². The Hall–Kier alpha value is -4.86. The Balaban J connectivity index is 1.43. The van der Waals surface area contributed by atoms with Gasteiger partial charge >= 0.3 is 0 Å². The van der Waals surface area contributed by atoms with Gasteiger partial charge in [-0.1, -0.05) is 194 Å².